The molecule has 2 aromatic rings. The Kier molecular flexibility index (Phi) is 4.79. The van der Waals surface area contributed by atoms with Gasteiger partial charge in [-0.3, -0.25) is 0 Å². The van der Waals surface area contributed by atoms with E-state index >= 15 is 0 Å². The highest BCUT2D eigenvalue weighted by molar-refractivity contribution is 5.78. The Hall–Kier alpha value is -1.81. The van der Waals surface area contributed by atoms with E-state index in [1.165, 1.54) is 0 Å². The topological polar surface area (TPSA) is 53.1 Å². The van der Waals surface area contributed by atoms with Crippen LogP contribution in [0.3, 0.4) is 0 Å². The Balaban J connectivity index is 2.40. The summed E-state index contributed by atoms with van der Waals surface area (Å²) in [6.45, 7) is 9.31. The molecule has 0 atom stereocenters. The van der Waals surface area contributed by atoms with Crippen molar-refractivity contribution in [3.05, 3.63) is 36.7 Å². The van der Waals surface area contributed by atoms with E-state index in [1.807, 2.05) is 32.1 Å². The van der Waals surface area contributed by atoms with Crippen molar-refractivity contribution in [2.45, 2.75) is 39.3 Å². The van der Waals surface area contributed by atoms with Gasteiger partial charge in [-0.25, -0.2) is 4.98 Å². The number of allylic oxidation sites excluding steroid dienone is 1. The zero-order valence-corrected chi connectivity index (χ0v) is 12.3. The predicted molar refractivity (Wildman–Crippen MR) is 83.1 cm³/mol. The maximum Gasteiger partial charge on any atom is 0.121 e. The van der Waals surface area contributed by atoms with E-state index in [1.54, 1.807) is 0 Å². The predicted octanol–water partition coefficient (Wildman–Crippen LogP) is 2.90. The molecule has 4 heteroatoms. The van der Waals surface area contributed by atoms with Crippen LogP contribution in [-0.2, 0) is 13.0 Å². The van der Waals surface area contributed by atoms with E-state index < -0.39 is 0 Å². The largest absolute Gasteiger partial charge is 0.491 e. The molecule has 0 radical (unpaired) electrons. The third kappa shape index (κ3) is 3.20. The maximum atomic E-state index is 5.72. The van der Waals surface area contributed by atoms with Crippen molar-refractivity contribution in [1.82, 2.24) is 9.55 Å². The van der Waals surface area contributed by atoms with Gasteiger partial charge in [0.05, 0.1) is 17.1 Å². The minimum atomic E-state index is 0.166. The number of ether oxygens (including phenoxy) is 1. The van der Waals surface area contributed by atoms with E-state index in [0.29, 0.717) is 6.54 Å². The summed E-state index contributed by atoms with van der Waals surface area (Å²) >= 11 is 0. The van der Waals surface area contributed by atoms with Crippen LogP contribution in [0.1, 0.15) is 26.1 Å². The van der Waals surface area contributed by atoms with Crippen LogP contribution in [0.5, 0.6) is 5.75 Å². The molecule has 2 rings (SSSR count). The number of hydrogen-bond donors (Lipinski definition) is 1. The molecule has 0 amide bonds. The third-order valence-electron chi connectivity index (χ3n) is 3.09. The van der Waals surface area contributed by atoms with Crippen LogP contribution in [0.4, 0.5) is 0 Å². The number of aromatic nitrogens is 2. The van der Waals surface area contributed by atoms with Crippen molar-refractivity contribution in [2.75, 3.05) is 6.54 Å². The standard InChI is InChI=1S/C16H23N3O/c1-4-10-19-15-8-7-13(20-12(2)3)11-14(15)18-16(19)6-5-9-17/h4,7-8,11-12H,1,5-6,9-10,17H2,2-3H3. The van der Waals surface area contributed by atoms with Gasteiger partial charge in [-0.05, 0) is 38.9 Å². The van der Waals surface area contributed by atoms with Gasteiger partial charge in [0.2, 0.25) is 0 Å². The number of benzene rings is 1. The van der Waals surface area contributed by atoms with Crippen LogP contribution in [0.2, 0.25) is 0 Å². The van der Waals surface area contributed by atoms with Crippen LogP contribution in [0.25, 0.3) is 11.0 Å². The van der Waals surface area contributed by atoms with Crippen LogP contribution >= 0.6 is 0 Å². The van der Waals surface area contributed by atoms with Crippen molar-refractivity contribution < 1.29 is 4.74 Å². The van der Waals surface area contributed by atoms with Crippen molar-refractivity contribution in [3.8, 4) is 5.75 Å². The molecular weight excluding hydrogens is 250 g/mol. The fraction of sp³-hybridized carbons (Fsp3) is 0.438. The fourth-order valence-electron chi connectivity index (χ4n) is 2.29. The average Bonchev–Trinajstić information content (AvgIpc) is 2.73. The van der Waals surface area contributed by atoms with Crippen LogP contribution in [-0.4, -0.2) is 22.2 Å². The average molecular weight is 273 g/mol. The number of aryl methyl sites for hydroxylation is 1. The number of rotatable bonds is 7. The zero-order valence-electron chi connectivity index (χ0n) is 12.3. The van der Waals surface area contributed by atoms with Crippen molar-refractivity contribution >= 4 is 11.0 Å². The van der Waals surface area contributed by atoms with Gasteiger partial charge in [-0.2, -0.15) is 0 Å². The normalized spacial score (nSPS) is 11.2. The SMILES string of the molecule is C=CCn1c(CCCN)nc2cc(OC(C)C)ccc21. The molecule has 20 heavy (non-hydrogen) atoms. The molecule has 0 fully saturated rings. The summed E-state index contributed by atoms with van der Waals surface area (Å²) in [7, 11) is 0. The summed E-state index contributed by atoms with van der Waals surface area (Å²) in [5.74, 6) is 1.92. The molecule has 0 aliphatic carbocycles. The molecule has 0 saturated carbocycles. The lowest BCUT2D eigenvalue weighted by molar-refractivity contribution is 0.242. The number of hydrogen-bond acceptors (Lipinski definition) is 3. The van der Waals surface area contributed by atoms with Gasteiger partial charge >= 0.3 is 0 Å². The van der Waals surface area contributed by atoms with Gasteiger partial charge in [-0.15, -0.1) is 6.58 Å². The van der Waals surface area contributed by atoms with E-state index in [9.17, 15) is 0 Å². The molecule has 0 bridgehead atoms. The molecule has 0 spiro atoms. The number of nitrogens with two attached hydrogens (primary N) is 1. The van der Waals surface area contributed by atoms with E-state index in [2.05, 4.69) is 17.2 Å². The second kappa shape index (κ2) is 6.57. The highest BCUT2D eigenvalue weighted by atomic mass is 16.5. The lowest BCUT2D eigenvalue weighted by Gasteiger charge is -2.09. The summed E-state index contributed by atoms with van der Waals surface area (Å²) < 4.78 is 7.91. The highest BCUT2D eigenvalue weighted by Crippen LogP contribution is 2.23. The van der Waals surface area contributed by atoms with Gasteiger partial charge in [0, 0.05) is 19.0 Å². The Morgan fingerprint density at radius 3 is 2.90 bits per heavy atom. The molecule has 1 aromatic carbocycles. The number of fused-ring (bicyclic) bond motifs is 1. The molecule has 2 N–H and O–H groups in total. The number of imidazole rings is 1. The number of nitrogens with zero attached hydrogens (tertiary/aromatic N) is 2. The minimum absolute atomic E-state index is 0.166. The molecule has 0 aliphatic rings. The van der Waals surface area contributed by atoms with Gasteiger partial charge in [-0.1, -0.05) is 6.08 Å². The van der Waals surface area contributed by atoms with Crippen molar-refractivity contribution in [1.29, 1.82) is 0 Å². The van der Waals surface area contributed by atoms with E-state index in [0.717, 1.165) is 42.0 Å². The quantitative estimate of drug-likeness (QED) is 0.789. The smallest absolute Gasteiger partial charge is 0.121 e. The zero-order chi connectivity index (χ0) is 14.5. The molecule has 0 aliphatic heterocycles. The molecule has 0 unspecified atom stereocenters. The first kappa shape index (κ1) is 14.6. The van der Waals surface area contributed by atoms with E-state index in [4.69, 9.17) is 15.5 Å². The van der Waals surface area contributed by atoms with Crippen molar-refractivity contribution in [2.24, 2.45) is 5.73 Å². The maximum absolute atomic E-state index is 5.72. The summed E-state index contributed by atoms with van der Waals surface area (Å²) in [5.41, 5.74) is 7.68. The van der Waals surface area contributed by atoms with Gasteiger partial charge in [0.1, 0.15) is 11.6 Å². The Labute approximate surface area is 120 Å². The summed E-state index contributed by atoms with van der Waals surface area (Å²) in [4.78, 5) is 4.72. The Morgan fingerprint density at radius 1 is 1.45 bits per heavy atom. The highest BCUT2D eigenvalue weighted by Gasteiger charge is 2.10. The lowest BCUT2D eigenvalue weighted by Crippen LogP contribution is -2.06. The first-order valence-corrected chi connectivity index (χ1v) is 7.12. The molecule has 108 valence electrons. The van der Waals surface area contributed by atoms with Gasteiger partial charge in [0.15, 0.2) is 0 Å². The first-order valence-electron chi connectivity index (χ1n) is 7.12. The second-order valence-electron chi connectivity index (χ2n) is 5.14. The van der Waals surface area contributed by atoms with Crippen LogP contribution < -0.4 is 10.5 Å². The third-order valence-corrected chi connectivity index (χ3v) is 3.09. The molecule has 1 heterocycles. The van der Waals surface area contributed by atoms with Crippen molar-refractivity contribution in [3.63, 3.8) is 0 Å². The second-order valence-corrected chi connectivity index (χ2v) is 5.14. The van der Waals surface area contributed by atoms with Gasteiger partial charge in [0.25, 0.3) is 0 Å². The van der Waals surface area contributed by atoms with E-state index in [-0.39, 0.29) is 6.10 Å². The summed E-state index contributed by atoms with van der Waals surface area (Å²) in [6.07, 6.45) is 3.89. The summed E-state index contributed by atoms with van der Waals surface area (Å²) in [5, 5.41) is 0. The molecule has 1 aromatic heterocycles. The fourth-order valence-corrected chi connectivity index (χ4v) is 2.29. The molecular formula is C16H23N3O. The summed E-state index contributed by atoms with van der Waals surface area (Å²) in [6, 6.07) is 6.06. The Morgan fingerprint density at radius 2 is 2.25 bits per heavy atom. The van der Waals surface area contributed by atoms with Crippen LogP contribution in [0, 0.1) is 0 Å². The molecule has 0 saturated heterocycles. The molecule has 4 nitrogen and oxygen atoms in total. The van der Waals surface area contributed by atoms with Gasteiger partial charge < -0.3 is 15.0 Å². The minimum Gasteiger partial charge on any atom is -0.491 e. The first-order chi connectivity index (χ1) is 9.65. The monoisotopic (exact) mass is 273 g/mol. The van der Waals surface area contributed by atoms with Crippen LogP contribution in [0.15, 0.2) is 30.9 Å². The lowest BCUT2D eigenvalue weighted by atomic mass is 10.3. The Bertz CT molecular complexity index is 587.